The number of hydrogen-bond acceptors (Lipinski definition) is 7. The lowest BCUT2D eigenvalue weighted by Crippen LogP contribution is -2.52. The smallest absolute Gasteiger partial charge is 0.410 e. The molecule has 0 aromatic carbocycles. The van der Waals surface area contributed by atoms with Gasteiger partial charge in [0.25, 0.3) is 5.70 Å². The fraction of sp³-hybridized carbons (Fsp3) is 0.706. The summed E-state index contributed by atoms with van der Waals surface area (Å²) in [6.07, 6.45) is 2.71. The zero-order valence-electron chi connectivity index (χ0n) is 16.1. The molecular formula is C17H28N4O5. The van der Waals surface area contributed by atoms with E-state index in [9.17, 15) is 14.9 Å². The van der Waals surface area contributed by atoms with Crippen LogP contribution in [-0.2, 0) is 9.47 Å². The minimum Gasteiger partial charge on any atom is -0.444 e. The molecule has 1 fully saturated rings. The zero-order valence-corrected chi connectivity index (χ0v) is 16.1. The molecule has 2 rings (SSSR count). The van der Waals surface area contributed by atoms with Crippen LogP contribution in [0, 0.1) is 10.1 Å². The van der Waals surface area contributed by atoms with Crippen molar-refractivity contribution in [2.24, 2.45) is 0 Å². The first-order valence-corrected chi connectivity index (χ1v) is 8.63. The Kier molecular flexibility index (Phi) is 5.92. The first kappa shape index (κ1) is 20.2. The molecule has 0 spiro atoms. The molecule has 1 aliphatic carbocycles. The van der Waals surface area contributed by atoms with E-state index in [1.165, 1.54) is 13.2 Å². The Morgan fingerprint density at radius 1 is 1.31 bits per heavy atom. The van der Waals surface area contributed by atoms with E-state index in [0.717, 1.165) is 13.1 Å². The van der Waals surface area contributed by atoms with Crippen LogP contribution in [0.5, 0.6) is 0 Å². The average Bonchev–Trinajstić information content (AvgIpc) is 2.54. The molecule has 9 nitrogen and oxygen atoms in total. The third kappa shape index (κ3) is 4.95. The van der Waals surface area contributed by atoms with Gasteiger partial charge in [0, 0.05) is 45.8 Å². The number of nitro groups is 1. The van der Waals surface area contributed by atoms with Gasteiger partial charge in [-0.05, 0) is 33.9 Å². The summed E-state index contributed by atoms with van der Waals surface area (Å²) in [4.78, 5) is 27.5. The Morgan fingerprint density at radius 3 is 2.42 bits per heavy atom. The van der Waals surface area contributed by atoms with Crippen LogP contribution >= 0.6 is 0 Å². The molecule has 1 unspecified atom stereocenters. The summed E-state index contributed by atoms with van der Waals surface area (Å²) in [6.45, 7) is 8.35. The lowest BCUT2D eigenvalue weighted by molar-refractivity contribution is -0.424. The van der Waals surface area contributed by atoms with Gasteiger partial charge < -0.3 is 19.3 Å². The van der Waals surface area contributed by atoms with Gasteiger partial charge in [-0.1, -0.05) is 0 Å². The third-order valence-corrected chi connectivity index (χ3v) is 4.35. The van der Waals surface area contributed by atoms with Crippen LogP contribution in [0.3, 0.4) is 0 Å². The van der Waals surface area contributed by atoms with Crippen molar-refractivity contribution in [3.63, 3.8) is 0 Å². The van der Waals surface area contributed by atoms with E-state index in [1.54, 1.807) is 26.8 Å². The SMILES string of the molecule is COC1(NC(=O)OC(C)(C)C)C=C([N+](=O)[O-])C(N2CCN(C)CC2)=CC1. The quantitative estimate of drug-likeness (QED) is 0.457. The second-order valence-electron chi connectivity index (χ2n) is 7.59. The van der Waals surface area contributed by atoms with Gasteiger partial charge in [-0.15, -0.1) is 0 Å². The van der Waals surface area contributed by atoms with Crippen molar-refractivity contribution < 1.29 is 19.2 Å². The molecule has 1 atom stereocenters. The highest BCUT2D eigenvalue weighted by Crippen LogP contribution is 2.30. The Morgan fingerprint density at radius 2 is 1.92 bits per heavy atom. The monoisotopic (exact) mass is 368 g/mol. The molecule has 1 N–H and O–H groups in total. The maximum Gasteiger partial charge on any atom is 0.410 e. The molecule has 0 saturated carbocycles. The number of alkyl carbamates (subject to hydrolysis) is 1. The molecule has 1 saturated heterocycles. The van der Waals surface area contributed by atoms with Crippen LogP contribution in [0.25, 0.3) is 0 Å². The molecule has 146 valence electrons. The topological polar surface area (TPSA) is 97.2 Å². The summed E-state index contributed by atoms with van der Waals surface area (Å²) in [5, 5.41) is 14.3. The number of piperazine rings is 1. The maximum absolute atomic E-state index is 12.1. The van der Waals surface area contributed by atoms with Crippen LogP contribution in [0.4, 0.5) is 4.79 Å². The van der Waals surface area contributed by atoms with Gasteiger partial charge in [-0.25, -0.2) is 4.79 Å². The number of carbonyl (C=O) groups is 1. The fourth-order valence-electron chi connectivity index (χ4n) is 2.95. The van der Waals surface area contributed by atoms with Crippen molar-refractivity contribution in [1.29, 1.82) is 0 Å². The first-order valence-electron chi connectivity index (χ1n) is 8.63. The number of hydrogen-bond donors (Lipinski definition) is 1. The molecule has 0 aromatic heterocycles. The van der Waals surface area contributed by atoms with Gasteiger partial charge in [0.1, 0.15) is 11.3 Å². The number of methoxy groups -OCH3 is 1. The largest absolute Gasteiger partial charge is 0.444 e. The van der Waals surface area contributed by atoms with E-state index < -0.39 is 22.3 Å². The highest BCUT2D eigenvalue weighted by molar-refractivity contribution is 5.69. The second-order valence-corrected chi connectivity index (χ2v) is 7.59. The summed E-state index contributed by atoms with van der Waals surface area (Å²) >= 11 is 0. The van der Waals surface area contributed by atoms with Crippen molar-refractivity contribution in [3.8, 4) is 0 Å². The molecule has 0 radical (unpaired) electrons. The predicted molar refractivity (Wildman–Crippen MR) is 96.0 cm³/mol. The minimum atomic E-state index is -1.30. The van der Waals surface area contributed by atoms with Gasteiger partial charge >= 0.3 is 6.09 Å². The van der Waals surface area contributed by atoms with Crippen molar-refractivity contribution in [2.75, 3.05) is 40.3 Å². The Bertz CT molecular complexity index is 617. The van der Waals surface area contributed by atoms with E-state index in [4.69, 9.17) is 9.47 Å². The molecule has 2 aliphatic rings. The summed E-state index contributed by atoms with van der Waals surface area (Å²) in [7, 11) is 3.43. The van der Waals surface area contributed by atoms with Crippen molar-refractivity contribution in [1.82, 2.24) is 15.1 Å². The molecule has 1 heterocycles. The number of likely N-dealkylation sites (N-methyl/N-ethyl adjacent to an activating group) is 1. The van der Waals surface area contributed by atoms with E-state index in [1.807, 2.05) is 11.9 Å². The molecule has 26 heavy (non-hydrogen) atoms. The number of amides is 1. The van der Waals surface area contributed by atoms with E-state index >= 15 is 0 Å². The van der Waals surface area contributed by atoms with Gasteiger partial charge in [0.2, 0.25) is 0 Å². The standard InChI is InChI=1S/C17H28N4O5/c1-16(2,3)26-15(22)18-17(25-5)7-6-13(14(12-17)21(23)24)20-10-8-19(4)9-11-20/h6,12H,7-11H2,1-5H3,(H,18,22). The molecular weight excluding hydrogens is 340 g/mol. The van der Waals surface area contributed by atoms with E-state index in [-0.39, 0.29) is 12.1 Å². The van der Waals surface area contributed by atoms with Gasteiger partial charge in [-0.2, -0.15) is 0 Å². The van der Waals surface area contributed by atoms with Gasteiger partial charge in [0.15, 0.2) is 5.72 Å². The number of carbonyl (C=O) groups excluding carboxylic acids is 1. The van der Waals surface area contributed by atoms with E-state index in [0.29, 0.717) is 18.8 Å². The third-order valence-electron chi connectivity index (χ3n) is 4.35. The van der Waals surface area contributed by atoms with Crippen LogP contribution in [0.1, 0.15) is 27.2 Å². The van der Waals surface area contributed by atoms with Crippen molar-refractivity contribution in [2.45, 2.75) is 38.5 Å². The van der Waals surface area contributed by atoms with Crippen LogP contribution in [-0.4, -0.2) is 72.5 Å². The maximum atomic E-state index is 12.1. The molecule has 9 heteroatoms. The highest BCUT2D eigenvalue weighted by Gasteiger charge is 2.40. The van der Waals surface area contributed by atoms with Gasteiger partial charge in [0.05, 0.1) is 4.92 Å². The molecule has 1 amide bonds. The number of nitrogens with zero attached hydrogens (tertiary/aromatic N) is 3. The normalized spacial score (nSPS) is 24.6. The lowest BCUT2D eigenvalue weighted by atomic mass is 9.99. The Balaban J connectivity index is 2.21. The number of ether oxygens (including phenoxy) is 2. The number of rotatable bonds is 4. The molecule has 0 bridgehead atoms. The van der Waals surface area contributed by atoms with Crippen LogP contribution in [0.15, 0.2) is 23.5 Å². The first-order chi connectivity index (χ1) is 12.1. The summed E-state index contributed by atoms with van der Waals surface area (Å²) in [5.74, 6) is 0. The Hall–Kier alpha value is -2.13. The Labute approximate surface area is 153 Å². The highest BCUT2D eigenvalue weighted by atomic mass is 16.6. The summed E-state index contributed by atoms with van der Waals surface area (Å²) < 4.78 is 10.7. The van der Waals surface area contributed by atoms with Gasteiger partial charge in [-0.3, -0.25) is 15.4 Å². The van der Waals surface area contributed by atoms with E-state index in [2.05, 4.69) is 10.2 Å². The van der Waals surface area contributed by atoms with Crippen molar-refractivity contribution in [3.05, 3.63) is 33.7 Å². The average molecular weight is 368 g/mol. The molecule has 1 aliphatic heterocycles. The zero-order chi connectivity index (χ0) is 19.5. The molecule has 0 aromatic rings. The van der Waals surface area contributed by atoms with Crippen LogP contribution < -0.4 is 5.32 Å². The summed E-state index contributed by atoms with van der Waals surface area (Å²) in [5.41, 5.74) is -1.48. The number of nitrogens with one attached hydrogen (secondary N) is 1. The van der Waals surface area contributed by atoms with Crippen LogP contribution in [0.2, 0.25) is 0 Å². The fourth-order valence-corrected chi connectivity index (χ4v) is 2.95. The minimum absolute atomic E-state index is 0.0706. The lowest BCUT2D eigenvalue weighted by Gasteiger charge is -2.38. The predicted octanol–water partition coefficient (Wildman–Crippen LogP) is 1.55. The van der Waals surface area contributed by atoms with Crippen molar-refractivity contribution >= 4 is 6.09 Å². The summed E-state index contributed by atoms with van der Waals surface area (Å²) in [6, 6.07) is 0. The second kappa shape index (κ2) is 7.63.